The molecule has 1 N–H and O–H groups in total. The molecule has 146 valence electrons. The summed E-state index contributed by atoms with van der Waals surface area (Å²) >= 11 is 0. The van der Waals surface area contributed by atoms with E-state index in [0.717, 1.165) is 6.42 Å². The van der Waals surface area contributed by atoms with Crippen LogP contribution >= 0.6 is 0 Å². The fourth-order valence-electron chi connectivity index (χ4n) is 2.45. The number of benzene rings is 2. The summed E-state index contributed by atoms with van der Waals surface area (Å²) in [6.45, 7) is 2.42. The van der Waals surface area contributed by atoms with Crippen molar-refractivity contribution in [1.82, 2.24) is 0 Å². The number of esters is 1. The van der Waals surface area contributed by atoms with Gasteiger partial charge in [-0.2, -0.15) is 5.26 Å². The van der Waals surface area contributed by atoms with Gasteiger partial charge in [0.15, 0.2) is 17.6 Å². The minimum Gasteiger partial charge on any atom is -0.490 e. The Kier molecular flexibility index (Phi) is 5.70. The van der Waals surface area contributed by atoms with Crippen molar-refractivity contribution >= 4 is 21.7 Å². The van der Waals surface area contributed by atoms with E-state index in [1.54, 1.807) is 12.1 Å². The van der Waals surface area contributed by atoms with Crippen molar-refractivity contribution in [1.29, 1.82) is 5.26 Å². The molecule has 1 aliphatic rings. The molecule has 0 amide bonds. The highest BCUT2D eigenvalue weighted by Gasteiger charge is 2.19. The first kappa shape index (κ1) is 19.5. The summed E-state index contributed by atoms with van der Waals surface area (Å²) in [6, 6.07) is 11.9. The summed E-state index contributed by atoms with van der Waals surface area (Å²) in [6.07, 6.45) is -0.151. The number of ether oxygens (including phenoxy) is 3. The predicted octanol–water partition coefficient (Wildman–Crippen LogP) is 2.72. The number of nitrogens with one attached hydrogen (secondary N) is 1. The molecular weight excluding hydrogens is 384 g/mol. The van der Waals surface area contributed by atoms with Crippen LogP contribution in [0.5, 0.6) is 11.5 Å². The van der Waals surface area contributed by atoms with E-state index in [9.17, 15) is 13.2 Å². The van der Waals surface area contributed by atoms with E-state index < -0.39 is 22.1 Å². The van der Waals surface area contributed by atoms with Gasteiger partial charge in [-0.05, 0) is 43.3 Å². The molecular formula is C19H18N2O6S. The van der Waals surface area contributed by atoms with Crippen LogP contribution in [0.1, 0.15) is 23.7 Å². The van der Waals surface area contributed by atoms with Crippen molar-refractivity contribution in [2.75, 3.05) is 17.9 Å². The normalized spacial score (nSPS) is 14.3. The Morgan fingerprint density at radius 1 is 1.14 bits per heavy atom. The van der Waals surface area contributed by atoms with E-state index in [1.165, 1.54) is 43.3 Å². The molecule has 0 spiro atoms. The number of carbonyl (C=O) groups excluding carboxylic acids is 1. The van der Waals surface area contributed by atoms with Crippen LogP contribution in [0.2, 0.25) is 0 Å². The van der Waals surface area contributed by atoms with Gasteiger partial charge in [0.2, 0.25) is 0 Å². The fourth-order valence-corrected chi connectivity index (χ4v) is 3.53. The molecule has 3 rings (SSSR count). The average Bonchev–Trinajstić information content (AvgIpc) is 2.92. The van der Waals surface area contributed by atoms with Crippen LogP contribution in [-0.2, 0) is 14.8 Å². The highest BCUT2D eigenvalue weighted by Crippen LogP contribution is 2.32. The van der Waals surface area contributed by atoms with E-state index in [4.69, 9.17) is 19.5 Å². The Balaban J connectivity index is 1.75. The molecule has 0 saturated heterocycles. The Morgan fingerprint density at radius 3 is 2.50 bits per heavy atom. The van der Waals surface area contributed by atoms with Crippen LogP contribution in [0.25, 0.3) is 0 Å². The van der Waals surface area contributed by atoms with Crippen LogP contribution in [-0.4, -0.2) is 33.7 Å². The third kappa shape index (κ3) is 4.53. The monoisotopic (exact) mass is 402 g/mol. The van der Waals surface area contributed by atoms with Crippen molar-refractivity contribution in [3.8, 4) is 17.6 Å². The Labute approximate surface area is 162 Å². The molecule has 9 heteroatoms. The first-order valence-electron chi connectivity index (χ1n) is 8.52. The fraction of sp³-hybridized carbons (Fsp3) is 0.263. The number of carbonyl (C=O) groups is 1. The van der Waals surface area contributed by atoms with Gasteiger partial charge >= 0.3 is 5.97 Å². The summed E-state index contributed by atoms with van der Waals surface area (Å²) < 4.78 is 43.7. The summed E-state index contributed by atoms with van der Waals surface area (Å²) in [4.78, 5) is 11.9. The number of rotatable bonds is 5. The first-order chi connectivity index (χ1) is 13.4. The molecule has 0 unspecified atom stereocenters. The molecule has 0 radical (unpaired) electrons. The lowest BCUT2D eigenvalue weighted by atomic mass is 10.2. The van der Waals surface area contributed by atoms with Crippen LogP contribution in [0, 0.1) is 11.3 Å². The second-order valence-electron chi connectivity index (χ2n) is 6.02. The van der Waals surface area contributed by atoms with Gasteiger partial charge in [0.25, 0.3) is 10.0 Å². The van der Waals surface area contributed by atoms with Gasteiger partial charge in [-0.3, -0.25) is 4.72 Å². The van der Waals surface area contributed by atoms with E-state index in [1.807, 2.05) is 0 Å². The molecule has 1 heterocycles. The Bertz CT molecular complexity index is 1010. The molecule has 0 saturated carbocycles. The zero-order chi connectivity index (χ0) is 20.1. The van der Waals surface area contributed by atoms with E-state index in [-0.39, 0.29) is 16.1 Å². The van der Waals surface area contributed by atoms with Gasteiger partial charge in [-0.25, -0.2) is 13.2 Å². The van der Waals surface area contributed by atoms with E-state index in [0.29, 0.717) is 24.7 Å². The molecule has 2 aromatic rings. The number of nitrogens with zero attached hydrogens (tertiary/aromatic N) is 1. The number of anilines is 1. The van der Waals surface area contributed by atoms with E-state index in [2.05, 4.69) is 4.72 Å². The minimum absolute atomic E-state index is 0.0306. The van der Waals surface area contributed by atoms with Crippen molar-refractivity contribution in [3.63, 3.8) is 0 Å². The lowest BCUT2D eigenvalue weighted by Crippen LogP contribution is -2.14. The molecule has 0 fully saturated rings. The van der Waals surface area contributed by atoms with Gasteiger partial charge < -0.3 is 14.2 Å². The van der Waals surface area contributed by atoms with Gasteiger partial charge in [0.1, 0.15) is 6.07 Å². The second-order valence-corrected chi connectivity index (χ2v) is 7.70. The zero-order valence-corrected chi connectivity index (χ0v) is 15.9. The highest BCUT2D eigenvalue weighted by molar-refractivity contribution is 7.92. The maximum Gasteiger partial charge on any atom is 0.339 e. The highest BCUT2D eigenvalue weighted by atomic mass is 32.2. The summed E-state index contributed by atoms with van der Waals surface area (Å²) in [5.41, 5.74) is 0.484. The SMILES string of the molecule is C[C@@H](C#N)OC(=O)c1ccc(NS(=O)(=O)c2ccc3c(c2)OCCCO3)cc1. The molecule has 0 aromatic heterocycles. The Morgan fingerprint density at radius 2 is 1.82 bits per heavy atom. The first-order valence-corrected chi connectivity index (χ1v) is 10.0. The van der Waals surface area contributed by atoms with Gasteiger partial charge in [-0.15, -0.1) is 0 Å². The molecule has 28 heavy (non-hydrogen) atoms. The van der Waals surface area contributed by atoms with Gasteiger partial charge in [0.05, 0.1) is 23.7 Å². The zero-order valence-electron chi connectivity index (χ0n) is 15.0. The smallest absolute Gasteiger partial charge is 0.339 e. The number of fused-ring (bicyclic) bond motifs is 1. The topological polar surface area (TPSA) is 115 Å². The van der Waals surface area contributed by atoms with Gasteiger partial charge in [-0.1, -0.05) is 0 Å². The summed E-state index contributed by atoms with van der Waals surface area (Å²) in [5.74, 6) is 0.224. The lowest BCUT2D eigenvalue weighted by molar-refractivity contribution is 0.0435. The minimum atomic E-state index is -3.86. The van der Waals surface area contributed by atoms with Gasteiger partial charge in [0, 0.05) is 18.2 Å². The quantitative estimate of drug-likeness (QED) is 0.765. The summed E-state index contributed by atoms with van der Waals surface area (Å²) in [7, 11) is -3.86. The predicted molar refractivity (Wildman–Crippen MR) is 99.8 cm³/mol. The van der Waals surface area contributed by atoms with Crippen LogP contribution < -0.4 is 14.2 Å². The Hall–Kier alpha value is -3.25. The second kappa shape index (κ2) is 8.19. The largest absolute Gasteiger partial charge is 0.490 e. The number of hydrogen-bond acceptors (Lipinski definition) is 7. The maximum atomic E-state index is 12.6. The number of hydrogen-bond donors (Lipinski definition) is 1. The summed E-state index contributed by atoms with van der Waals surface area (Å²) in [5, 5.41) is 8.68. The maximum absolute atomic E-state index is 12.6. The third-order valence-electron chi connectivity index (χ3n) is 3.87. The number of nitriles is 1. The molecule has 1 atom stereocenters. The lowest BCUT2D eigenvalue weighted by Gasteiger charge is -2.12. The van der Waals surface area contributed by atoms with Crippen molar-refractivity contribution in [2.45, 2.75) is 24.3 Å². The standard InChI is InChI=1S/C19H18N2O6S/c1-13(12-20)27-19(22)14-3-5-15(6-4-14)21-28(23,24)16-7-8-17-18(11-16)26-10-2-9-25-17/h3-8,11,13,21H,2,9-10H2,1H3/t13-/m0/s1. The molecule has 0 bridgehead atoms. The molecule has 8 nitrogen and oxygen atoms in total. The van der Waals surface area contributed by atoms with Crippen LogP contribution in [0.4, 0.5) is 5.69 Å². The number of sulfonamides is 1. The van der Waals surface area contributed by atoms with E-state index >= 15 is 0 Å². The third-order valence-corrected chi connectivity index (χ3v) is 5.25. The van der Waals surface area contributed by atoms with Crippen LogP contribution in [0.15, 0.2) is 47.4 Å². The average molecular weight is 402 g/mol. The van der Waals surface area contributed by atoms with Crippen molar-refractivity contribution in [2.24, 2.45) is 0 Å². The molecule has 0 aliphatic carbocycles. The van der Waals surface area contributed by atoms with Crippen LogP contribution in [0.3, 0.4) is 0 Å². The van der Waals surface area contributed by atoms with Crippen molar-refractivity contribution < 1.29 is 27.4 Å². The molecule has 2 aromatic carbocycles. The molecule has 1 aliphatic heterocycles. The van der Waals surface area contributed by atoms with Crippen molar-refractivity contribution in [3.05, 3.63) is 48.0 Å².